The van der Waals surface area contributed by atoms with Gasteiger partial charge in [0, 0.05) is 20.1 Å². The molecule has 2 heteroatoms. The van der Waals surface area contributed by atoms with Crippen molar-refractivity contribution in [2.75, 3.05) is 13.7 Å². The Labute approximate surface area is 88.0 Å². The van der Waals surface area contributed by atoms with Gasteiger partial charge in [-0.15, -0.1) is 0 Å². The Hall–Kier alpha value is -0.0800. The van der Waals surface area contributed by atoms with Crippen molar-refractivity contribution in [3.63, 3.8) is 0 Å². The van der Waals surface area contributed by atoms with Gasteiger partial charge in [0.2, 0.25) is 0 Å². The molecular weight excluding hydrogens is 176 g/mol. The van der Waals surface area contributed by atoms with Crippen molar-refractivity contribution < 1.29 is 9.47 Å². The Kier molecular flexibility index (Phi) is 4.39. The highest BCUT2D eigenvalue weighted by Crippen LogP contribution is 2.32. The van der Waals surface area contributed by atoms with Crippen LogP contribution in [0.25, 0.3) is 0 Å². The van der Waals surface area contributed by atoms with Crippen LogP contribution in [0, 0.1) is 5.92 Å². The summed E-state index contributed by atoms with van der Waals surface area (Å²) < 4.78 is 11.4. The fraction of sp³-hybridized carbons (Fsp3) is 1.00. The molecule has 0 aromatic carbocycles. The highest BCUT2D eigenvalue weighted by Gasteiger charge is 2.34. The third-order valence-electron chi connectivity index (χ3n) is 3.47. The summed E-state index contributed by atoms with van der Waals surface area (Å²) in [7, 11) is 1.81. The van der Waals surface area contributed by atoms with E-state index in [2.05, 4.69) is 20.8 Å². The molecule has 1 saturated heterocycles. The molecule has 84 valence electrons. The minimum absolute atomic E-state index is 0.0465. The maximum atomic E-state index is 5.81. The zero-order valence-corrected chi connectivity index (χ0v) is 10.0. The average Bonchev–Trinajstić information content (AvgIpc) is 2.18. The number of methoxy groups -OCH3 is 1. The zero-order valence-electron chi connectivity index (χ0n) is 10.0. The van der Waals surface area contributed by atoms with Crippen molar-refractivity contribution in [1.29, 1.82) is 0 Å². The molecule has 1 rings (SSSR count). The molecule has 0 aliphatic carbocycles. The van der Waals surface area contributed by atoms with Crippen LogP contribution < -0.4 is 0 Å². The summed E-state index contributed by atoms with van der Waals surface area (Å²) in [5.41, 5.74) is 0.0465. The van der Waals surface area contributed by atoms with Crippen molar-refractivity contribution in [2.45, 2.75) is 58.2 Å². The van der Waals surface area contributed by atoms with E-state index in [1.54, 1.807) is 0 Å². The molecular formula is C12H24O2. The van der Waals surface area contributed by atoms with Crippen LogP contribution >= 0.6 is 0 Å². The molecule has 0 aromatic rings. The molecule has 0 bridgehead atoms. The summed E-state index contributed by atoms with van der Waals surface area (Å²) in [6.07, 6.45) is 4.97. The molecule has 0 spiro atoms. The van der Waals surface area contributed by atoms with Crippen LogP contribution in [-0.2, 0) is 9.47 Å². The van der Waals surface area contributed by atoms with Crippen LogP contribution in [0.15, 0.2) is 0 Å². The Bertz CT molecular complexity index is 170. The van der Waals surface area contributed by atoms with E-state index in [0.717, 1.165) is 19.4 Å². The molecule has 3 atom stereocenters. The molecule has 1 fully saturated rings. The molecule has 1 aliphatic heterocycles. The zero-order chi connectivity index (χ0) is 10.6. The van der Waals surface area contributed by atoms with E-state index < -0.39 is 0 Å². The minimum atomic E-state index is 0.0465. The Morgan fingerprint density at radius 1 is 1.57 bits per heavy atom. The fourth-order valence-corrected chi connectivity index (χ4v) is 2.20. The van der Waals surface area contributed by atoms with E-state index in [9.17, 15) is 0 Å². The fourth-order valence-electron chi connectivity index (χ4n) is 2.20. The molecule has 0 amide bonds. The molecule has 0 saturated carbocycles. The van der Waals surface area contributed by atoms with Crippen LogP contribution in [0.1, 0.15) is 46.5 Å². The van der Waals surface area contributed by atoms with E-state index in [4.69, 9.17) is 9.47 Å². The first-order valence-electron chi connectivity index (χ1n) is 5.78. The van der Waals surface area contributed by atoms with E-state index in [0.29, 0.717) is 12.0 Å². The SMILES string of the molecule is CCCC(C)C1CC(C)(OC)CCO1. The molecule has 1 heterocycles. The summed E-state index contributed by atoms with van der Waals surface area (Å²) in [5.74, 6) is 0.662. The third-order valence-corrected chi connectivity index (χ3v) is 3.47. The highest BCUT2D eigenvalue weighted by molar-refractivity contribution is 4.85. The Morgan fingerprint density at radius 2 is 2.29 bits per heavy atom. The lowest BCUT2D eigenvalue weighted by atomic mass is 9.85. The van der Waals surface area contributed by atoms with Crippen LogP contribution in [-0.4, -0.2) is 25.4 Å². The quantitative estimate of drug-likeness (QED) is 0.694. The summed E-state index contributed by atoms with van der Waals surface area (Å²) in [6, 6.07) is 0. The smallest absolute Gasteiger partial charge is 0.0697 e. The van der Waals surface area contributed by atoms with Gasteiger partial charge in [0.15, 0.2) is 0 Å². The second-order valence-electron chi connectivity index (χ2n) is 4.78. The van der Waals surface area contributed by atoms with Gasteiger partial charge in [0.1, 0.15) is 0 Å². The molecule has 2 nitrogen and oxygen atoms in total. The topological polar surface area (TPSA) is 18.5 Å². The van der Waals surface area contributed by atoms with Crippen molar-refractivity contribution >= 4 is 0 Å². The predicted octanol–water partition coefficient (Wildman–Crippen LogP) is 3.01. The molecule has 3 unspecified atom stereocenters. The van der Waals surface area contributed by atoms with Crippen molar-refractivity contribution in [3.8, 4) is 0 Å². The molecule has 1 aliphatic rings. The molecule has 0 aromatic heterocycles. The Balaban J connectivity index is 2.47. The van der Waals surface area contributed by atoms with E-state index in [1.165, 1.54) is 12.8 Å². The van der Waals surface area contributed by atoms with Crippen molar-refractivity contribution in [1.82, 2.24) is 0 Å². The van der Waals surface area contributed by atoms with Gasteiger partial charge >= 0.3 is 0 Å². The molecule has 0 N–H and O–H groups in total. The first kappa shape index (κ1) is 12.0. The van der Waals surface area contributed by atoms with Gasteiger partial charge in [-0.1, -0.05) is 20.3 Å². The van der Waals surface area contributed by atoms with Crippen molar-refractivity contribution in [3.05, 3.63) is 0 Å². The summed E-state index contributed by atoms with van der Waals surface area (Å²) >= 11 is 0. The van der Waals surface area contributed by atoms with Gasteiger partial charge in [-0.05, 0) is 25.7 Å². The lowest BCUT2D eigenvalue weighted by Crippen LogP contribution is -2.42. The molecule has 14 heavy (non-hydrogen) atoms. The monoisotopic (exact) mass is 200 g/mol. The van der Waals surface area contributed by atoms with Crippen LogP contribution in [0.2, 0.25) is 0 Å². The van der Waals surface area contributed by atoms with Gasteiger partial charge in [0.05, 0.1) is 11.7 Å². The maximum absolute atomic E-state index is 5.81. The Morgan fingerprint density at radius 3 is 2.86 bits per heavy atom. The molecule has 0 radical (unpaired) electrons. The van der Waals surface area contributed by atoms with Crippen LogP contribution in [0.3, 0.4) is 0 Å². The number of rotatable bonds is 4. The highest BCUT2D eigenvalue weighted by atomic mass is 16.5. The predicted molar refractivity (Wildman–Crippen MR) is 58.5 cm³/mol. The number of hydrogen-bond acceptors (Lipinski definition) is 2. The van der Waals surface area contributed by atoms with E-state index in [-0.39, 0.29) is 5.60 Å². The minimum Gasteiger partial charge on any atom is -0.378 e. The lowest BCUT2D eigenvalue weighted by Gasteiger charge is -2.39. The van der Waals surface area contributed by atoms with Gasteiger partial charge in [0.25, 0.3) is 0 Å². The van der Waals surface area contributed by atoms with Gasteiger partial charge in [-0.3, -0.25) is 0 Å². The van der Waals surface area contributed by atoms with Crippen molar-refractivity contribution in [2.24, 2.45) is 5.92 Å². The van der Waals surface area contributed by atoms with Gasteiger partial charge < -0.3 is 9.47 Å². The summed E-state index contributed by atoms with van der Waals surface area (Å²) in [6.45, 7) is 7.56. The second-order valence-corrected chi connectivity index (χ2v) is 4.78. The van der Waals surface area contributed by atoms with Gasteiger partial charge in [-0.25, -0.2) is 0 Å². The van der Waals surface area contributed by atoms with Gasteiger partial charge in [-0.2, -0.15) is 0 Å². The van der Waals surface area contributed by atoms with Crippen LogP contribution in [0.4, 0.5) is 0 Å². The van der Waals surface area contributed by atoms with E-state index in [1.807, 2.05) is 7.11 Å². The first-order chi connectivity index (χ1) is 6.61. The maximum Gasteiger partial charge on any atom is 0.0697 e. The first-order valence-corrected chi connectivity index (χ1v) is 5.78. The lowest BCUT2D eigenvalue weighted by molar-refractivity contribution is -0.127. The number of ether oxygens (including phenoxy) is 2. The largest absolute Gasteiger partial charge is 0.378 e. The standard InChI is InChI=1S/C12H24O2/c1-5-6-10(2)11-9-12(3,13-4)7-8-14-11/h10-11H,5-9H2,1-4H3. The second kappa shape index (κ2) is 5.13. The van der Waals surface area contributed by atoms with Crippen LogP contribution in [0.5, 0.6) is 0 Å². The van der Waals surface area contributed by atoms with E-state index >= 15 is 0 Å². The number of hydrogen-bond donors (Lipinski definition) is 0. The summed E-state index contributed by atoms with van der Waals surface area (Å²) in [4.78, 5) is 0. The third kappa shape index (κ3) is 2.96. The normalized spacial score (nSPS) is 35.6. The summed E-state index contributed by atoms with van der Waals surface area (Å²) in [5, 5.41) is 0. The average molecular weight is 200 g/mol.